The molecule has 1 N–H and O–H groups in total. The van der Waals surface area contributed by atoms with Crippen LogP contribution < -0.4 is 4.72 Å². The van der Waals surface area contributed by atoms with Gasteiger partial charge in [-0.1, -0.05) is 25.1 Å². The highest BCUT2D eigenvalue weighted by Crippen LogP contribution is 2.35. The van der Waals surface area contributed by atoms with Crippen molar-refractivity contribution in [1.82, 2.24) is 13.9 Å². The Labute approximate surface area is 197 Å². The predicted octanol–water partition coefficient (Wildman–Crippen LogP) is 3.42. The molecule has 0 spiro atoms. The topological polar surface area (TPSA) is 79.0 Å². The lowest BCUT2D eigenvalue weighted by Gasteiger charge is -2.42. The van der Waals surface area contributed by atoms with E-state index in [1.165, 1.54) is 20.2 Å². The van der Waals surface area contributed by atoms with Gasteiger partial charge in [0.25, 0.3) is 10.2 Å². The normalized spacial score (nSPS) is 26.5. The summed E-state index contributed by atoms with van der Waals surface area (Å²) in [6, 6.07) is 6.24. The number of ether oxygens (including phenoxy) is 1. The van der Waals surface area contributed by atoms with E-state index in [1.54, 1.807) is 11.0 Å². The van der Waals surface area contributed by atoms with Crippen LogP contribution in [0.25, 0.3) is 0 Å². The van der Waals surface area contributed by atoms with Crippen molar-refractivity contribution in [2.45, 2.75) is 82.4 Å². The van der Waals surface area contributed by atoms with E-state index in [0.29, 0.717) is 26.0 Å². The lowest BCUT2D eigenvalue weighted by Crippen LogP contribution is -2.60. The molecule has 0 aromatic heterocycles. The molecular weight excluding hydrogens is 445 g/mol. The molecule has 1 aromatic carbocycles. The van der Waals surface area contributed by atoms with Gasteiger partial charge in [0.2, 0.25) is 5.91 Å². The molecule has 1 saturated heterocycles. The number of hydrogen-bond donors (Lipinski definition) is 1. The maximum atomic E-state index is 14.2. The molecule has 2 aliphatic rings. The molecule has 0 radical (unpaired) electrons. The lowest BCUT2D eigenvalue weighted by atomic mass is 9.82. The Bertz CT molecular complexity index is 887. The Morgan fingerprint density at radius 2 is 1.88 bits per heavy atom. The summed E-state index contributed by atoms with van der Waals surface area (Å²) in [6.45, 7) is 2.88. The van der Waals surface area contributed by atoms with Crippen molar-refractivity contribution in [2.24, 2.45) is 0 Å². The third-order valence-corrected chi connectivity index (χ3v) is 8.43. The molecule has 0 bridgehead atoms. The van der Waals surface area contributed by atoms with Gasteiger partial charge in [0.05, 0.1) is 18.8 Å². The Morgan fingerprint density at radius 3 is 2.52 bits per heavy atom. The minimum absolute atomic E-state index is 0.0317. The van der Waals surface area contributed by atoms with Crippen molar-refractivity contribution in [3.63, 3.8) is 0 Å². The van der Waals surface area contributed by atoms with Crippen LogP contribution in [0, 0.1) is 5.82 Å². The molecule has 7 nitrogen and oxygen atoms in total. The summed E-state index contributed by atoms with van der Waals surface area (Å²) < 4.78 is 49.3. The Kier molecular flexibility index (Phi) is 9.26. The Balaban J connectivity index is 1.64. The van der Waals surface area contributed by atoms with Crippen LogP contribution in [0.2, 0.25) is 0 Å². The Morgan fingerprint density at radius 1 is 1.18 bits per heavy atom. The van der Waals surface area contributed by atoms with Crippen LogP contribution in [0.1, 0.15) is 69.8 Å². The maximum absolute atomic E-state index is 14.2. The molecule has 1 aliphatic heterocycles. The fraction of sp³-hybridized carbons (Fsp3) is 0.708. The van der Waals surface area contributed by atoms with Crippen molar-refractivity contribution in [3.8, 4) is 0 Å². The summed E-state index contributed by atoms with van der Waals surface area (Å²) in [7, 11) is -0.642. The van der Waals surface area contributed by atoms with Gasteiger partial charge >= 0.3 is 0 Å². The fourth-order valence-electron chi connectivity index (χ4n) is 4.95. The van der Waals surface area contributed by atoms with Gasteiger partial charge in [-0.25, -0.2) is 4.39 Å². The highest BCUT2D eigenvalue weighted by atomic mass is 32.2. The maximum Gasteiger partial charge on any atom is 0.279 e. The van der Waals surface area contributed by atoms with E-state index in [2.05, 4.69) is 4.72 Å². The fourth-order valence-corrected chi connectivity index (χ4v) is 5.81. The highest BCUT2D eigenvalue weighted by molar-refractivity contribution is 7.87. The van der Waals surface area contributed by atoms with Gasteiger partial charge in [0.1, 0.15) is 5.82 Å². The first-order chi connectivity index (χ1) is 15.7. The minimum atomic E-state index is -3.62. The number of amides is 1. The zero-order chi connectivity index (χ0) is 24.0. The summed E-state index contributed by atoms with van der Waals surface area (Å²) in [5.41, 5.74) is 0.776. The Hall–Kier alpha value is -1.55. The van der Waals surface area contributed by atoms with Crippen LogP contribution in [0.3, 0.4) is 0 Å². The number of nitrogens with one attached hydrogen (secondary N) is 1. The standard InChI is InChI=1S/C24H38FN3O4S/c1-4-8-24(29)28-16-7-11-22(26-33(30,31)27(2)3)23(28)17-32-19-14-12-18(13-15-19)20-9-5-6-10-21(20)25/h5-6,9-10,18-19,22-23,26H,4,7-8,11-17H2,1-3H3/t18?,19?,22-,23+/m1/s1. The van der Waals surface area contributed by atoms with Gasteiger partial charge < -0.3 is 9.64 Å². The second-order valence-corrected chi connectivity index (χ2v) is 11.3. The van der Waals surface area contributed by atoms with Crippen molar-refractivity contribution in [3.05, 3.63) is 35.6 Å². The van der Waals surface area contributed by atoms with E-state index in [1.807, 2.05) is 19.1 Å². The van der Waals surface area contributed by atoms with Crippen LogP contribution in [0.15, 0.2) is 24.3 Å². The van der Waals surface area contributed by atoms with E-state index in [4.69, 9.17) is 4.74 Å². The molecule has 33 heavy (non-hydrogen) atoms. The van der Waals surface area contributed by atoms with E-state index >= 15 is 0 Å². The molecule has 2 atom stereocenters. The molecule has 186 valence electrons. The first kappa shape index (κ1) is 26.1. The molecule has 1 amide bonds. The van der Waals surface area contributed by atoms with Crippen molar-refractivity contribution in [2.75, 3.05) is 27.2 Å². The van der Waals surface area contributed by atoms with Crippen LogP contribution in [-0.4, -0.2) is 69.0 Å². The van der Waals surface area contributed by atoms with Gasteiger partial charge in [0.15, 0.2) is 0 Å². The van der Waals surface area contributed by atoms with Gasteiger partial charge in [-0.3, -0.25) is 4.79 Å². The molecule has 1 aliphatic carbocycles. The number of hydrogen-bond acceptors (Lipinski definition) is 4. The first-order valence-corrected chi connectivity index (χ1v) is 13.5. The quantitative estimate of drug-likeness (QED) is 0.584. The number of rotatable bonds is 9. The number of carbonyl (C=O) groups is 1. The molecule has 2 fully saturated rings. The largest absolute Gasteiger partial charge is 0.376 e. The van der Waals surface area contributed by atoms with Crippen LogP contribution in [-0.2, 0) is 19.7 Å². The first-order valence-electron chi connectivity index (χ1n) is 12.1. The number of benzene rings is 1. The highest BCUT2D eigenvalue weighted by Gasteiger charge is 2.37. The number of halogens is 1. The third-order valence-electron chi connectivity index (χ3n) is 6.87. The van der Waals surface area contributed by atoms with Gasteiger partial charge in [-0.05, 0) is 62.5 Å². The number of carbonyl (C=O) groups excluding carboxylic acids is 1. The van der Waals surface area contributed by atoms with Crippen LogP contribution in [0.4, 0.5) is 4.39 Å². The zero-order valence-corrected chi connectivity index (χ0v) is 20.8. The molecule has 1 aromatic rings. The molecular formula is C24H38FN3O4S. The van der Waals surface area contributed by atoms with Crippen LogP contribution >= 0.6 is 0 Å². The average Bonchev–Trinajstić information content (AvgIpc) is 2.78. The summed E-state index contributed by atoms with van der Waals surface area (Å²) in [6.07, 6.45) is 5.98. The smallest absolute Gasteiger partial charge is 0.279 e. The molecule has 3 rings (SSSR count). The summed E-state index contributed by atoms with van der Waals surface area (Å²) in [5.74, 6) is 0.0938. The third kappa shape index (κ3) is 6.74. The SMILES string of the molecule is CCCC(=O)N1CCC[C@@H](NS(=O)(=O)N(C)C)[C@@H]1COC1CCC(c2ccccc2F)CC1. The van der Waals surface area contributed by atoms with Crippen molar-refractivity contribution < 1.29 is 22.3 Å². The molecule has 1 saturated carbocycles. The monoisotopic (exact) mass is 483 g/mol. The average molecular weight is 484 g/mol. The van der Waals surface area contributed by atoms with E-state index < -0.39 is 10.2 Å². The minimum Gasteiger partial charge on any atom is -0.376 e. The van der Waals surface area contributed by atoms with Crippen molar-refractivity contribution in [1.29, 1.82) is 0 Å². The van der Waals surface area contributed by atoms with Crippen LogP contribution in [0.5, 0.6) is 0 Å². The second kappa shape index (κ2) is 11.7. The van der Waals surface area contributed by atoms with Gasteiger partial charge in [0, 0.05) is 33.1 Å². The van der Waals surface area contributed by atoms with E-state index in [0.717, 1.165) is 48.4 Å². The number of piperidine rings is 1. The van der Waals surface area contributed by atoms with E-state index in [-0.39, 0.29) is 35.8 Å². The van der Waals surface area contributed by atoms with E-state index in [9.17, 15) is 17.6 Å². The summed E-state index contributed by atoms with van der Waals surface area (Å²) in [4.78, 5) is 14.6. The van der Waals surface area contributed by atoms with Gasteiger partial charge in [-0.2, -0.15) is 17.4 Å². The zero-order valence-electron chi connectivity index (χ0n) is 20.0. The molecule has 1 heterocycles. The second-order valence-electron chi connectivity index (χ2n) is 9.39. The number of likely N-dealkylation sites (tertiary alicyclic amines) is 1. The molecule has 0 unspecified atom stereocenters. The number of nitrogens with zero attached hydrogens (tertiary/aromatic N) is 2. The predicted molar refractivity (Wildman–Crippen MR) is 127 cm³/mol. The lowest BCUT2D eigenvalue weighted by molar-refractivity contribution is -0.138. The summed E-state index contributed by atoms with van der Waals surface area (Å²) >= 11 is 0. The van der Waals surface area contributed by atoms with Crippen molar-refractivity contribution >= 4 is 16.1 Å². The molecule has 9 heteroatoms. The van der Waals surface area contributed by atoms with Gasteiger partial charge in [-0.15, -0.1) is 0 Å². The summed E-state index contributed by atoms with van der Waals surface area (Å²) in [5, 5.41) is 0.